The van der Waals surface area contributed by atoms with Crippen LogP contribution in [-0.4, -0.2) is 14.2 Å². The Kier molecular flexibility index (Phi) is 5.35. The summed E-state index contributed by atoms with van der Waals surface area (Å²) in [5.74, 6) is -1.70. The molecular weight excluding hydrogens is 454 g/mol. The Balaban J connectivity index is 1.73. The molecule has 2 heterocycles. The van der Waals surface area contributed by atoms with Crippen LogP contribution in [0.5, 0.6) is 0 Å². The standard InChI is InChI=1S/C20H13ClF2N2O3S2/c21-15-9-14(5-6-16(15)23)24-10-18-19(26)20-17(7-8-29-20)25(30(18,27)28)11-12-1-3-13(22)4-2-12/h1-10,24H,11H2/b18-10-. The van der Waals surface area contributed by atoms with Crippen LogP contribution in [0.25, 0.3) is 0 Å². The third-order valence-corrected chi connectivity index (χ3v) is 7.40. The molecule has 2 aromatic carbocycles. The molecule has 1 aliphatic heterocycles. The second kappa shape index (κ2) is 7.82. The van der Waals surface area contributed by atoms with E-state index in [0.717, 1.165) is 27.9 Å². The van der Waals surface area contributed by atoms with Gasteiger partial charge in [0.05, 0.1) is 17.3 Å². The first-order valence-corrected chi connectivity index (χ1v) is 11.3. The average Bonchev–Trinajstić information content (AvgIpc) is 3.19. The van der Waals surface area contributed by atoms with E-state index in [2.05, 4.69) is 5.32 Å². The summed E-state index contributed by atoms with van der Waals surface area (Å²) in [6, 6.07) is 10.8. The highest BCUT2D eigenvalue weighted by molar-refractivity contribution is 7.97. The molecule has 1 N–H and O–H groups in total. The van der Waals surface area contributed by atoms with Crippen LogP contribution < -0.4 is 9.62 Å². The van der Waals surface area contributed by atoms with E-state index in [1.165, 1.54) is 36.4 Å². The molecule has 1 aromatic heterocycles. The Labute approximate surface area is 180 Å². The lowest BCUT2D eigenvalue weighted by Crippen LogP contribution is -2.38. The molecule has 4 rings (SSSR count). The molecule has 0 radical (unpaired) electrons. The topological polar surface area (TPSA) is 66.5 Å². The van der Waals surface area contributed by atoms with Crippen molar-refractivity contribution in [3.05, 3.63) is 92.1 Å². The Morgan fingerprint density at radius 3 is 2.53 bits per heavy atom. The van der Waals surface area contributed by atoms with Crippen molar-refractivity contribution in [2.24, 2.45) is 0 Å². The SMILES string of the molecule is O=C1/C(=C/Nc2ccc(F)c(Cl)c2)S(=O)(=O)N(Cc2ccc(F)cc2)c2ccsc21. The first-order valence-electron chi connectivity index (χ1n) is 8.58. The number of halogens is 3. The van der Waals surface area contributed by atoms with E-state index in [0.29, 0.717) is 11.3 Å². The Morgan fingerprint density at radius 1 is 1.10 bits per heavy atom. The summed E-state index contributed by atoms with van der Waals surface area (Å²) >= 11 is 6.87. The van der Waals surface area contributed by atoms with Crippen LogP contribution in [0.1, 0.15) is 15.2 Å². The van der Waals surface area contributed by atoms with E-state index in [9.17, 15) is 22.0 Å². The lowest BCUT2D eigenvalue weighted by molar-refractivity contribution is 0.104. The highest BCUT2D eigenvalue weighted by atomic mass is 35.5. The summed E-state index contributed by atoms with van der Waals surface area (Å²) in [6.07, 6.45) is 1.07. The van der Waals surface area contributed by atoms with Crippen molar-refractivity contribution in [2.75, 3.05) is 9.62 Å². The van der Waals surface area contributed by atoms with Gasteiger partial charge in [-0.2, -0.15) is 0 Å². The number of allylic oxidation sites excluding steroid dienone is 1. The fourth-order valence-corrected chi connectivity index (χ4v) is 5.61. The molecule has 30 heavy (non-hydrogen) atoms. The fraction of sp³-hybridized carbons (Fsp3) is 0.0500. The molecule has 0 unspecified atom stereocenters. The third-order valence-electron chi connectivity index (χ3n) is 4.44. The summed E-state index contributed by atoms with van der Waals surface area (Å²) in [4.78, 5) is 12.7. The molecule has 0 bridgehead atoms. The number of ketones is 1. The predicted molar refractivity (Wildman–Crippen MR) is 113 cm³/mol. The number of Topliss-reactive ketones (excluding diaryl/α,β-unsaturated/α-hetero) is 1. The van der Waals surface area contributed by atoms with Crippen molar-refractivity contribution in [3.8, 4) is 0 Å². The Bertz CT molecular complexity index is 1270. The zero-order chi connectivity index (χ0) is 21.5. The number of sulfonamides is 1. The van der Waals surface area contributed by atoms with Crippen molar-refractivity contribution in [1.82, 2.24) is 0 Å². The maximum atomic E-state index is 13.3. The van der Waals surface area contributed by atoms with Crippen LogP contribution >= 0.6 is 22.9 Å². The molecule has 5 nitrogen and oxygen atoms in total. The zero-order valence-electron chi connectivity index (χ0n) is 15.1. The predicted octanol–water partition coefficient (Wildman–Crippen LogP) is 5.17. The van der Waals surface area contributed by atoms with Gasteiger partial charge in [0.1, 0.15) is 16.5 Å². The van der Waals surface area contributed by atoms with E-state index in [1.54, 1.807) is 11.4 Å². The van der Waals surface area contributed by atoms with Gasteiger partial charge in [-0.05, 0) is 47.3 Å². The van der Waals surface area contributed by atoms with E-state index < -0.39 is 32.3 Å². The van der Waals surface area contributed by atoms with Crippen LogP contribution in [0.15, 0.2) is 65.0 Å². The summed E-state index contributed by atoms with van der Waals surface area (Å²) in [6.45, 7) is -0.0701. The van der Waals surface area contributed by atoms with E-state index in [-0.39, 0.29) is 22.1 Å². The highest BCUT2D eigenvalue weighted by Gasteiger charge is 2.41. The molecule has 0 atom stereocenters. The van der Waals surface area contributed by atoms with Gasteiger partial charge in [-0.15, -0.1) is 11.3 Å². The van der Waals surface area contributed by atoms with Gasteiger partial charge in [-0.1, -0.05) is 23.7 Å². The number of carbonyl (C=O) groups is 1. The van der Waals surface area contributed by atoms with Gasteiger partial charge in [0.2, 0.25) is 5.78 Å². The molecule has 0 saturated carbocycles. The summed E-state index contributed by atoms with van der Waals surface area (Å²) in [5.41, 5.74) is 1.15. The number of anilines is 2. The lowest BCUT2D eigenvalue weighted by atomic mass is 10.2. The molecule has 0 aliphatic carbocycles. The largest absolute Gasteiger partial charge is 0.360 e. The number of nitrogens with one attached hydrogen (secondary N) is 1. The molecule has 1 aliphatic rings. The minimum Gasteiger partial charge on any atom is -0.360 e. The molecule has 3 aromatic rings. The van der Waals surface area contributed by atoms with Gasteiger partial charge in [-0.3, -0.25) is 9.10 Å². The lowest BCUT2D eigenvalue weighted by Gasteiger charge is -2.29. The molecule has 0 spiro atoms. The number of rotatable bonds is 4. The van der Waals surface area contributed by atoms with E-state index in [4.69, 9.17) is 11.6 Å². The zero-order valence-corrected chi connectivity index (χ0v) is 17.5. The maximum Gasteiger partial charge on any atom is 0.270 e. The molecule has 0 fully saturated rings. The summed E-state index contributed by atoms with van der Waals surface area (Å²) < 4.78 is 54.1. The highest BCUT2D eigenvalue weighted by Crippen LogP contribution is 2.39. The van der Waals surface area contributed by atoms with Crippen LogP contribution in [-0.2, 0) is 16.6 Å². The van der Waals surface area contributed by atoms with Gasteiger partial charge in [-0.25, -0.2) is 17.2 Å². The number of hydrogen-bond acceptors (Lipinski definition) is 5. The van der Waals surface area contributed by atoms with Crippen LogP contribution in [0.2, 0.25) is 5.02 Å². The van der Waals surface area contributed by atoms with Crippen molar-refractivity contribution < 1.29 is 22.0 Å². The quantitative estimate of drug-likeness (QED) is 0.539. The number of benzene rings is 2. The third kappa shape index (κ3) is 3.71. The van der Waals surface area contributed by atoms with Crippen molar-refractivity contribution in [3.63, 3.8) is 0 Å². The van der Waals surface area contributed by atoms with Crippen molar-refractivity contribution in [1.29, 1.82) is 0 Å². The van der Waals surface area contributed by atoms with Gasteiger partial charge in [0, 0.05) is 11.9 Å². The second-order valence-corrected chi connectivity index (χ2v) is 9.54. The molecular formula is C20H13ClF2N2O3S2. The molecule has 10 heteroatoms. The minimum absolute atomic E-state index is 0.0701. The number of carbonyl (C=O) groups excluding carboxylic acids is 1. The number of hydrogen-bond donors (Lipinski definition) is 1. The average molecular weight is 467 g/mol. The van der Waals surface area contributed by atoms with Crippen LogP contribution in [0.3, 0.4) is 0 Å². The van der Waals surface area contributed by atoms with Gasteiger partial charge in [0.25, 0.3) is 10.0 Å². The number of fused-ring (bicyclic) bond motifs is 1. The Morgan fingerprint density at radius 2 is 1.83 bits per heavy atom. The molecule has 154 valence electrons. The number of thiophene rings is 1. The second-order valence-electron chi connectivity index (χ2n) is 6.38. The summed E-state index contributed by atoms with van der Waals surface area (Å²) in [5, 5.41) is 4.19. The van der Waals surface area contributed by atoms with Crippen LogP contribution in [0, 0.1) is 11.6 Å². The van der Waals surface area contributed by atoms with Gasteiger partial charge < -0.3 is 5.32 Å². The van der Waals surface area contributed by atoms with E-state index >= 15 is 0 Å². The molecule has 0 amide bonds. The van der Waals surface area contributed by atoms with Gasteiger partial charge >= 0.3 is 0 Å². The van der Waals surface area contributed by atoms with Gasteiger partial charge in [0.15, 0.2) is 4.91 Å². The van der Waals surface area contributed by atoms with Crippen molar-refractivity contribution >= 4 is 50.1 Å². The van der Waals surface area contributed by atoms with Crippen LogP contribution in [0.4, 0.5) is 20.2 Å². The summed E-state index contributed by atoms with van der Waals surface area (Å²) in [7, 11) is -4.21. The first-order chi connectivity index (χ1) is 14.3. The van der Waals surface area contributed by atoms with Crippen molar-refractivity contribution in [2.45, 2.75) is 6.54 Å². The number of nitrogens with zero attached hydrogens (tertiary/aromatic N) is 1. The normalized spacial score (nSPS) is 16.6. The van der Waals surface area contributed by atoms with E-state index in [1.807, 2.05) is 0 Å². The monoisotopic (exact) mass is 466 g/mol. The smallest absolute Gasteiger partial charge is 0.270 e. The Hall–Kier alpha value is -2.75. The first kappa shape index (κ1) is 20.5. The molecule has 0 saturated heterocycles. The maximum absolute atomic E-state index is 13.3. The minimum atomic E-state index is -4.21. The fourth-order valence-electron chi connectivity index (χ4n) is 2.95.